The second-order valence-electron chi connectivity index (χ2n) is 4.53. The number of anilines is 1. The Labute approximate surface area is 100 Å². The molecule has 0 saturated carbocycles. The molecule has 0 aliphatic carbocycles. The molecule has 6 nitrogen and oxygen atoms in total. The average molecular weight is 238 g/mol. The van der Waals surface area contributed by atoms with Crippen molar-refractivity contribution in [3.05, 3.63) is 5.89 Å². The highest BCUT2D eigenvalue weighted by molar-refractivity contribution is 5.28. The molecule has 2 aliphatic rings. The lowest BCUT2D eigenvalue weighted by atomic mass is 10.1. The number of hydrogen-bond acceptors (Lipinski definition) is 6. The molecule has 2 saturated heterocycles. The summed E-state index contributed by atoms with van der Waals surface area (Å²) in [5.41, 5.74) is 0. The third-order valence-electron chi connectivity index (χ3n) is 3.33. The first-order chi connectivity index (χ1) is 8.43. The maximum Gasteiger partial charge on any atom is 0.266 e. The van der Waals surface area contributed by atoms with Gasteiger partial charge in [-0.2, -0.15) is 4.98 Å². The van der Waals surface area contributed by atoms with Crippen LogP contribution >= 0.6 is 0 Å². The van der Waals surface area contributed by atoms with Crippen LogP contribution < -0.4 is 10.2 Å². The molecule has 94 valence electrons. The molecule has 3 heterocycles. The summed E-state index contributed by atoms with van der Waals surface area (Å²) in [6, 6.07) is 0.242. The lowest BCUT2D eigenvalue weighted by Gasteiger charge is -2.24. The monoisotopic (exact) mass is 238 g/mol. The van der Waals surface area contributed by atoms with E-state index in [4.69, 9.17) is 9.26 Å². The van der Waals surface area contributed by atoms with Gasteiger partial charge in [0.15, 0.2) is 0 Å². The van der Waals surface area contributed by atoms with Crippen LogP contribution in [0, 0.1) is 0 Å². The SMILES string of the molecule is C1CCC(c2nc(N3CCOCC3)no2)NC1. The Morgan fingerprint density at radius 3 is 2.88 bits per heavy atom. The predicted molar refractivity (Wildman–Crippen MR) is 61.9 cm³/mol. The van der Waals surface area contributed by atoms with E-state index in [1.807, 2.05) is 0 Å². The Morgan fingerprint density at radius 2 is 2.12 bits per heavy atom. The molecule has 1 atom stereocenters. The summed E-state index contributed by atoms with van der Waals surface area (Å²) < 4.78 is 10.7. The van der Waals surface area contributed by atoms with Crippen molar-refractivity contribution in [3.63, 3.8) is 0 Å². The fourth-order valence-electron chi connectivity index (χ4n) is 2.32. The fourth-order valence-corrected chi connectivity index (χ4v) is 2.32. The Balaban J connectivity index is 1.68. The van der Waals surface area contributed by atoms with Gasteiger partial charge in [-0.15, -0.1) is 0 Å². The number of nitrogens with zero attached hydrogens (tertiary/aromatic N) is 3. The van der Waals surface area contributed by atoms with Crippen LogP contribution in [-0.2, 0) is 4.74 Å². The molecular weight excluding hydrogens is 220 g/mol. The van der Waals surface area contributed by atoms with E-state index in [1.54, 1.807) is 0 Å². The second-order valence-corrected chi connectivity index (χ2v) is 4.53. The highest BCUT2D eigenvalue weighted by atomic mass is 16.5. The Kier molecular flexibility index (Phi) is 3.24. The normalized spacial score (nSPS) is 26.1. The van der Waals surface area contributed by atoms with E-state index in [-0.39, 0.29) is 6.04 Å². The van der Waals surface area contributed by atoms with Crippen molar-refractivity contribution in [1.82, 2.24) is 15.5 Å². The molecule has 1 unspecified atom stereocenters. The average Bonchev–Trinajstić information content (AvgIpc) is 2.90. The number of ether oxygens (including phenoxy) is 1. The number of rotatable bonds is 2. The zero-order chi connectivity index (χ0) is 11.5. The largest absolute Gasteiger partial charge is 0.378 e. The molecule has 1 N–H and O–H groups in total. The van der Waals surface area contributed by atoms with Crippen molar-refractivity contribution in [2.45, 2.75) is 25.3 Å². The van der Waals surface area contributed by atoms with Crippen molar-refractivity contribution >= 4 is 5.95 Å². The van der Waals surface area contributed by atoms with Crippen molar-refractivity contribution < 1.29 is 9.26 Å². The van der Waals surface area contributed by atoms with E-state index in [0.717, 1.165) is 45.2 Å². The minimum Gasteiger partial charge on any atom is -0.378 e. The molecule has 17 heavy (non-hydrogen) atoms. The third kappa shape index (κ3) is 2.42. The summed E-state index contributed by atoms with van der Waals surface area (Å²) in [6.45, 7) is 4.21. The van der Waals surface area contributed by atoms with E-state index in [0.29, 0.717) is 5.95 Å². The van der Waals surface area contributed by atoms with Gasteiger partial charge in [-0.25, -0.2) is 0 Å². The van der Waals surface area contributed by atoms with Crippen molar-refractivity contribution in [2.24, 2.45) is 0 Å². The molecule has 6 heteroatoms. The van der Waals surface area contributed by atoms with Gasteiger partial charge in [0.25, 0.3) is 5.95 Å². The Morgan fingerprint density at radius 1 is 1.24 bits per heavy atom. The Bertz CT molecular complexity index is 324. The summed E-state index contributed by atoms with van der Waals surface area (Å²) in [5.74, 6) is 1.43. The zero-order valence-corrected chi connectivity index (χ0v) is 9.89. The quantitative estimate of drug-likeness (QED) is 0.819. The minimum absolute atomic E-state index is 0.242. The number of piperidine rings is 1. The van der Waals surface area contributed by atoms with Gasteiger partial charge in [-0.3, -0.25) is 0 Å². The lowest BCUT2D eigenvalue weighted by Crippen LogP contribution is -2.37. The van der Waals surface area contributed by atoms with Crippen molar-refractivity contribution in [1.29, 1.82) is 0 Å². The molecule has 0 radical (unpaired) electrons. The minimum atomic E-state index is 0.242. The van der Waals surface area contributed by atoms with Crippen LogP contribution in [0.1, 0.15) is 31.2 Å². The number of hydrogen-bond donors (Lipinski definition) is 1. The van der Waals surface area contributed by atoms with Crippen LogP contribution in [0.5, 0.6) is 0 Å². The van der Waals surface area contributed by atoms with E-state index in [9.17, 15) is 0 Å². The highest BCUT2D eigenvalue weighted by Gasteiger charge is 2.23. The molecule has 1 aromatic heterocycles. The van der Waals surface area contributed by atoms with E-state index < -0.39 is 0 Å². The summed E-state index contributed by atoms with van der Waals surface area (Å²) >= 11 is 0. The molecule has 1 aromatic rings. The molecule has 3 rings (SSSR count). The molecular formula is C11H18N4O2. The number of aromatic nitrogens is 2. The smallest absolute Gasteiger partial charge is 0.266 e. The maximum absolute atomic E-state index is 5.35. The van der Waals surface area contributed by atoms with Crippen molar-refractivity contribution in [3.8, 4) is 0 Å². The first kappa shape index (κ1) is 11.0. The van der Waals surface area contributed by atoms with Crippen LogP contribution in [0.3, 0.4) is 0 Å². The summed E-state index contributed by atoms with van der Waals surface area (Å²) in [5, 5.41) is 7.47. The molecule has 2 fully saturated rings. The summed E-state index contributed by atoms with van der Waals surface area (Å²) in [7, 11) is 0. The van der Waals surface area contributed by atoms with Gasteiger partial charge in [0.2, 0.25) is 5.89 Å². The summed E-state index contributed by atoms with van der Waals surface area (Å²) in [4.78, 5) is 6.60. The molecule has 0 amide bonds. The molecule has 0 bridgehead atoms. The van der Waals surface area contributed by atoms with Gasteiger partial charge >= 0.3 is 0 Å². The second kappa shape index (κ2) is 5.01. The van der Waals surface area contributed by atoms with Crippen LogP contribution in [0.2, 0.25) is 0 Å². The summed E-state index contributed by atoms with van der Waals surface area (Å²) in [6.07, 6.45) is 3.55. The topological polar surface area (TPSA) is 63.4 Å². The predicted octanol–water partition coefficient (Wildman–Crippen LogP) is 0.721. The first-order valence-corrected chi connectivity index (χ1v) is 6.33. The Hall–Kier alpha value is -1.14. The molecule has 2 aliphatic heterocycles. The molecule has 0 aromatic carbocycles. The molecule has 0 spiro atoms. The van der Waals surface area contributed by atoms with Gasteiger partial charge in [-0.05, 0) is 24.5 Å². The lowest BCUT2D eigenvalue weighted by molar-refractivity contribution is 0.121. The van der Waals surface area contributed by atoms with Gasteiger partial charge < -0.3 is 19.5 Å². The van der Waals surface area contributed by atoms with Gasteiger partial charge in [-0.1, -0.05) is 6.42 Å². The van der Waals surface area contributed by atoms with Crippen molar-refractivity contribution in [2.75, 3.05) is 37.7 Å². The third-order valence-corrected chi connectivity index (χ3v) is 3.33. The zero-order valence-electron chi connectivity index (χ0n) is 9.89. The van der Waals surface area contributed by atoms with Crippen LogP contribution in [0.4, 0.5) is 5.95 Å². The maximum atomic E-state index is 5.35. The fraction of sp³-hybridized carbons (Fsp3) is 0.818. The van der Waals surface area contributed by atoms with Crippen LogP contribution in [-0.4, -0.2) is 43.0 Å². The van der Waals surface area contributed by atoms with E-state index >= 15 is 0 Å². The van der Waals surface area contributed by atoms with E-state index in [1.165, 1.54) is 12.8 Å². The van der Waals surface area contributed by atoms with Gasteiger partial charge in [0.05, 0.1) is 19.3 Å². The van der Waals surface area contributed by atoms with Gasteiger partial charge in [0, 0.05) is 13.1 Å². The van der Waals surface area contributed by atoms with Gasteiger partial charge in [0.1, 0.15) is 0 Å². The number of morpholine rings is 1. The van der Waals surface area contributed by atoms with Crippen LogP contribution in [0.25, 0.3) is 0 Å². The van der Waals surface area contributed by atoms with Crippen LogP contribution in [0.15, 0.2) is 4.52 Å². The van der Waals surface area contributed by atoms with E-state index in [2.05, 4.69) is 20.4 Å². The first-order valence-electron chi connectivity index (χ1n) is 6.33. The number of nitrogens with one attached hydrogen (secondary N) is 1. The standard InChI is InChI=1S/C11H18N4O2/c1-2-4-12-9(3-1)10-13-11(14-17-10)15-5-7-16-8-6-15/h9,12H,1-8H2. The highest BCUT2D eigenvalue weighted by Crippen LogP contribution is 2.23.